The van der Waals surface area contributed by atoms with E-state index in [4.69, 9.17) is 0 Å². The van der Waals surface area contributed by atoms with Gasteiger partial charge in [0.05, 0.1) is 5.69 Å². The number of rotatable bonds is 5. The van der Waals surface area contributed by atoms with Crippen molar-refractivity contribution in [3.8, 4) is 11.3 Å². The highest BCUT2D eigenvalue weighted by Crippen LogP contribution is 2.27. The van der Waals surface area contributed by atoms with Crippen LogP contribution >= 0.6 is 39.0 Å². The maximum atomic E-state index is 12.0. The summed E-state index contributed by atoms with van der Waals surface area (Å²) in [5.74, 6) is 0.688. The summed E-state index contributed by atoms with van der Waals surface area (Å²) in [4.78, 5) is 29.6. The molecule has 1 aliphatic rings. The fraction of sp³-hybridized carbons (Fsp3) is 0.267. The van der Waals surface area contributed by atoms with Gasteiger partial charge in [-0.1, -0.05) is 39.8 Å². The van der Waals surface area contributed by atoms with Gasteiger partial charge in [-0.3, -0.25) is 9.59 Å². The number of aromatic nitrogens is 1. The van der Waals surface area contributed by atoms with Crippen LogP contribution in [-0.4, -0.2) is 39.9 Å². The van der Waals surface area contributed by atoms with Gasteiger partial charge in [-0.05, 0) is 12.1 Å². The number of thioether (sulfide) groups is 1. The molecule has 1 aromatic heterocycles. The molecule has 0 spiro atoms. The Hall–Kier alpha value is -1.38. The van der Waals surface area contributed by atoms with Gasteiger partial charge in [0.25, 0.3) is 5.24 Å². The minimum Gasteiger partial charge on any atom is -0.332 e. The van der Waals surface area contributed by atoms with Crippen LogP contribution < -0.4 is 5.32 Å². The molecule has 0 radical (unpaired) electrons. The van der Waals surface area contributed by atoms with E-state index in [2.05, 4.69) is 26.2 Å². The Kier molecular flexibility index (Phi) is 5.34. The molecule has 8 heteroatoms. The molecule has 3 rings (SSSR count). The number of hydrogen-bond donors (Lipinski definition) is 1. The van der Waals surface area contributed by atoms with Gasteiger partial charge in [0.2, 0.25) is 5.91 Å². The highest BCUT2D eigenvalue weighted by Gasteiger charge is 2.21. The molecular weight excluding hydrogens is 398 g/mol. The third kappa shape index (κ3) is 4.33. The van der Waals surface area contributed by atoms with Crippen LogP contribution in [-0.2, 0) is 4.79 Å². The molecule has 0 atom stereocenters. The highest BCUT2D eigenvalue weighted by atomic mass is 79.9. The van der Waals surface area contributed by atoms with E-state index in [1.54, 1.807) is 4.90 Å². The molecule has 1 fully saturated rings. The SMILES string of the molecule is O=C(CCN1CCSC1=O)Nc1nc(-c2cccc(Br)c2)cs1. The lowest BCUT2D eigenvalue weighted by Gasteiger charge is -2.13. The van der Waals surface area contributed by atoms with Crippen molar-refractivity contribution in [2.75, 3.05) is 24.2 Å². The molecule has 0 saturated carbocycles. The summed E-state index contributed by atoms with van der Waals surface area (Å²) in [5, 5.41) is 5.35. The Morgan fingerprint density at radius 2 is 2.30 bits per heavy atom. The molecule has 0 aliphatic carbocycles. The zero-order valence-corrected chi connectivity index (χ0v) is 15.3. The smallest absolute Gasteiger partial charge is 0.281 e. The number of amides is 2. The molecule has 1 N–H and O–H groups in total. The molecule has 0 bridgehead atoms. The zero-order chi connectivity index (χ0) is 16.2. The Morgan fingerprint density at radius 3 is 3.04 bits per heavy atom. The molecule has 1 aromatic carbocycles. The van der Waals surface area contributed by atoms with Gasteiger partial charge >= 0.3 is 0 Å². The lowest BCUT2D eigenvalue weighted by molar-refractivity contribution is -0.116. The van der Waals surface area contributed by atoms with Gasteiger partial charge in [0.15, 0.2) is 5.13 Å². The molecule has 120 valence electrons. The van der Waals surface area contributed by atoms with Crippen molar-refractivity contribution in [2.45, 2.75) is 6.42 Å². The Labute approximate surface area is 150 Å². The van der Waals surface area contributed by atoms with Crippen LogP contribution in [0, 0.1) is 0 Å². The van der Waals surface area contributed by atoms with Crippen LogP contribution in [0.2, 0.25) is 0 Å². The van der Waals surface area contributed by atoms with Crippen molar-refractivity contribution in [3.63, 3.8) is 0 Å². The largest absolute Gasteiger partial charge is 0.332 e. The minimum atomic E-state index is -0.121. The molecule has 2 amide bonds. The van der Waals surface area contributed by atoms with E-state index in [1.165, 1.54) is 23.1 Å². The number of nitrogens with zero attached hydrogens (tertiary/aromatic N) is 2. The van der Waals surface area contributed by atoms with Crippen molar-refractivity contribution in [1.29, 1.82) is 0 Å². The van der Waals surface area contributed by atoms with Gasteiger partial charge in [-0.25, -0.2) is 4.98 Å². The van der Waals surface area contributed by atoms with E-state index in [0.29, 0.717) is 11.7 Å². The first kappa shape index (κ1) is 16.5. The second-order valence-electron chi connectivity index (χ2n) is 4.95. The maximum absolute atomic E-state index is 12.0. The first-order valence-electron chi connectivity index (χ1n) is 7.05. The van der Waals surface area contributed by atoms with Crippen molar-refractivity contribution in [2.24, 2.45) is 0 Å². The maximum Gasteiger partial charge on any atom is 0.281 e. The molecule has 1 saturated heterocycles. The third-order valence-corrected chi connectivity index (χ3v) is 5.47. The fourth-order valence-corrected chi connectivity index (χ4v) is 4.15. The van der Waals surface area contributed by atoms with Crippen LogP contribution in [0.4, 0.5) is 9.93 Å². The topological polar surface area (TPSA) is 62.3 Å². The first-order valence-corrected chi connectivity index (χ1v) is 9.70. The number of thiazole rings is 1. The fourth-order valence-electron chi connectivity index (χ4n) is 2.16. The average Bonchev–Trinajstić information content (AvgIpc) is 3.14. The van der Waals surface area contributed by atoms with Crippen LogP contribution in [0.3, 0.4) is 0 Å². The zero-order valence-electron chi connectivity index (χ0n) is 12.1. The van der Waals surface area contributed by atoms with Crippen LogP contribution in [0.15, 0.2) is 34.1 Å². The van der Waals surface area contributed by atoms with E-state index in [1.807, 2.05) is 29.6 Å². The number of anilines is 1. The van der Waals surface area contributed by atoms with Gasteiger partial charge in [-0.15, -0.1) is 11.3 Å². The summed E-state index contributed by atoms with van der Waals surface area (Å²) in [5.41, 5.74) is 1.83. The standard InChI is InChI=1S/C15H14BrN3O2S2/c16-11-3-1-2-10(8-11)12-9-23-14(17-12)18-13(20)4-5-19-6-7-22-15(19)21/h1-3,8-9H,4-7H2,(H,17,18,20). The van der Waals surface area contributed by atoms with Gasteiger partial charge in [-0.2, -0.15) is 0 Å². The van der Waals surface area contributed by atoms with Crippen LogP contribution in [0.25, 0.3) is 11.3 Å². The second-order valence-corrected chi connectivity index (χ2v) is 7.77. The predicted octanol–water partition coefficient (Wildman–Crippen LogP) is 4.07. The van der Waals surface area contributed by atoms with E-state index >= 15 is 0 Å². The molecule has 0 unspecified atom stereocenters. The minimum absolute atomic E-state index is 0.0592. The number of nitrogens with one attached hydrogen (secondary N) is 1. The van der Waals surface area contributed by atoms with Crippen molar-refractivity contribution >= 4 is 55.3 Å². The summed E-state index contributed by atoms with van der Waals surface area (Å²) in [7, 11) is 0. The van der Waals surface area contributed by atoms with E-state index in [0.717, 1.165) is 28.0 Å². The van der Waals surface area contributed by atoms with E-state index in [9.17, 15) is 9.59 Å². The second kappa shape index (κ2) is 7.46. The van der Waals surface area contributed by atoms with Crippen molar-refractivity contribution < 1.29 is 9.59 Å². The molecule has 23 heavy (non-hydrogen) atoms. The van der Waals surface area contributed by atoms with E-state index in [-0.39, 0.29) is 17.6 Å². The molecular formula is C15H14BrN3O2S2. The Morgan fingerprint density at radius 1 is 1.43 bits per heavy atom. The number of hydrogen-bond acceptors (Lipinski definition) is 5. The number of benzene rings is 1. The Bertz CT molecular complexity index is 735. The summed E-state index contributed by atoms with van der Waals surface area (Å²) in [6.07, 6.45) is 0.290. The summed E-state index contributed by atoms with van der Waals surface area (Å²) >= 11 is 6.13. The van der Waals surface area contributed by atoms with Gasteiger partial charge in [0.1, 0.15) is 0 Å². The molecule has 2 aromatic rings. The lowest BCUT2D eigenvalue weighted by Crippen LogP contribution is -2.27. The normalized spacial score (nSPS) is 14.3. The molecule has 1 aliphatic heterocycles. The molecule has 5 nitrogen and oxygen atoms in total. The highest BCUT2D eigenvalue weighted by molar-refractivity contribution is 9.10. The monoisotopic (exact) mass is 411 g/mol. The summed E-state index contributed by atoms with van der Waals surface area (Å²) in [6, 6.07) is 7.86. The van der Waals surface area contributed by atoms with Gasteiger partial charge < -0.3 is 10.2 Å². The summed E-state index contributed by atoms with van der Waals surface area (Å²) < 4.78 is 0.988. The van der Waals surface area contributed by atoms with Crippen molar-refractivity contribution in [3.05, 3.63) is 34.1 Å². The lowest BCUT2D eigenvalue weighted by atomic mass is 10.2. The summed E-state index contributed by atoms with van der Waals surface area (Å²) in [6.45, 7) is 1.18. The predicted molar refractivity (Wildman–Crippen MR) is 97.9 cm³/mol. The Balaban J connectivity index is 1.56. The van der Waals surface area contributed by atoms with Crippen LogP contribution in [0.1, 0.15) is 6.42 Å². The van der Waals surface area contributed by atoms with Crippen molar-refractivity contribution in [1.82, 2.24) is 9.88 Å². The number of carbonyl (C=O) groups excluding carboxylic acids is 2. The average molecular weight is 412 g/mol. The third-order valence-electron chi connectivity index (χ3n) is 3.32. The van der Waals surface area contributed by atoms with E-state index < -0.39 is 0 Å². The quantitative estimate of drug-likeness (QED) is 0.804. The first-order chi connectivity index (χ1) is 11.1. The van der Waals surface area contributed by atoms with Crippen LogP contribution in [0.5, 0.6) is 0 Å². The number of carbonyl (C=O) groups is 2. The van der Waals surface area contributed by atoms with Gasteiger partial charge in [0, 0.05) is 40.7 Å². The number of halogens is 1. The molecule has 2 heterocycles.